The van der Waals surface area contributed by atoms with Crippen LogP contribution in [0.5, 0.6) is 0 Å². The van der Waals surface area contributed by atoms with Gasteiger partial charge in [-0.2, -0.15) is 0 Å². The summed E-state index contributed by atoms with van der Waals surface area (Å²) < 4.78 is 6.19. The molecule has 3 aliphatic carbocycles. The number of aromatic nitrogens is 2. The normalized spacial score (nSPS) is 40.1. The highest BCUT2D eigenvalue weighted by molar-refractivity contribution is 5.81. The van der Waals surface area contributed by atoms with Crippen LogP contribution in [0, 0.1) is 24.7 Å². The Morgan fingerprint density at radius 3 is 2.50 bits per heavy atom. The minimum Gasteiger partial charge on any atom is -0.371 e. The third kappa shape index (κ3) is 2.70. The molecule has 1 aromatic heterocycles. The number of rotatable bonds is 5. The Morgan fingerprint density at radius 1 is 1.19 bits per heavy atom. The van der Waals surface area contributed by atoms with Gasteiger partial charge < -0.3 is 15.4 Å². The second-order valence-corrected chi connectivity index (χ2v) is 9.06. The first-order valence-corrected chi connectivity index (χ1v) is 10.1. The van der Waals surface area contributed by atoms with E-state index in [-0.39, 0.29) is 17.1 Å². The number of hydrogen-bond acceptors (Lipinski definition) is 5. The number of carbonyl (C=O) groups is 1. The average molecular weight is 356 g/mol. The van der Waals surface area contributed by atoms with Crippen molar-refractivity contribution in [3.8, 4) is 0 Å². The summed E-state index contributed by atoms with van der Waals surface area (Å²) in [5, 5.41) is 6.76. The molecule has 4 bridgehead atoms. The van der Waals surface area contributed by atoms with Crippen molar-refractivity contribution < 1.29 is 9.53 Å². The van der Waals surface area contributed by atoms with Gasteiger partial charge in [0.2, 0.25) is 11.9 Å². The van der Waals surface area contributed by atoms with Crippen molar-refractivity contribution in [3.05, 3.63) is 18.0 Å². The summed E-state index contributed by atoms with van der Waals surface area (Å²) in [5.41, 5.74) is 0.694. The van der Waals surface area contributed by atoms with E-state index in [0.29, 0.717) is 36.8 Å². The largest absolute Gasteiger partial charge is 0.371 e. The van der Waals surface area contributed by atoms with Crippen molar-refractivity contribution in [2.45, 2.75) is 63.0 Å². The molecule has 1 aromatic rings. The summed E-state index contributed by atoms with van der Waals surface area (Å²) in [5.74, 6) is 2.46. The van der Waals surface area contributed by atoms with Gasteiger partial charge in [0.05, 0.1) is 17.7 Å². The van der Waals surface area contributed by atoms with E-state index in [9.17, 15) is 4.79 Å². The van der Waals surface area contributed by atoms with E-state index >= 15 is 0 Å². The van der Waals surface area contributed by atoms with Gasteiger partial charge in [-0.25, -0.2) is 9.97 Å². The molecule has 2 unspecified atom stereocenters. The molecule has 2 N–H and O–H groups in total. The van der Waals surface area contributed by atoms with Gasteiger partial charge in [0.1, 0.15) is 0 Å². The van der Waals surface area contributed by atoms with Crippen LogP contribution in [0.4, 0.5) is 5.95 Å². The highest BCUT2D eigenvalue weighted by atomic mass is 16.5. The van der Waals surface area contributed by atoms with Gasteiger partial charge in [-0.15, -0.1) is 0 Å². The summed E-state index contributed by atoms with van der Waals surface area (Å²) in [7, 11) is 0. The van der Waals surface area contributed by atoms with Crippen LogP contribution in [-0.2, 0) is 9.53 Å². The molecule has 1 saturated heterocycles. The fourth-order valence-corrected chi connectivity index (χ4v) is 5.89. The Bertz CT molecular complexity index is 676. The molecular weight excluding hydrogens is 328 g/mol. The summed E-state index contributed by atoms with van der Waals surface area (Å²) in [6.45, 7) is 3.31. The van der Waals surface area contributed by atoms with Crippen molar-refractivity contribution in [1.82, 2.24) is 15.3 Å². The van der Waals surface area contributed by atoms with Crippen LogP contribution in [0.25, 0.3) is 0 Å². The average Bonchev–Trinajstić information content (AvgIpc) is 3.40. The van der Waals surface area contributed by atoms with Gasteiger partial charge in [0, 0.05) is 31.3 Å². The maximum Gasteiger partial charge on any atom is 0.224 e. The molecule has 2 heterocycles. The SMILES string of the molecule is Cc1cnc(NCC23CCC(NC(=O)C4C5CCC4CC5)(CO2)C3)nc1. The lowest BCUT2D eigenvalue weighted by molar-refractivity contribution is -0.128. The smallest absolute Gasteiger partial charge is 0.224 e. The van der Waals surface area contributed by atoms with Crippen LogP contribution in [0.2, 0.25) is 0 Å². The van der Waals surface area contributed by atoms with Gasteiger partial charge in [0.25, 0.3) is 0 Å². The Balaban J connectivity index is 1.21. The number of nitrogens with one attached hydrogen (secondary N) is 2. The topological polar surface area (TPSA) is 76.1 Å². The summed E-state index contributed by atoms with van der Waals surface area (Å²) in [6.07, 6.45) is 11.5. The molecule has 26 heavy (non-hydrogen) atoms. The molecule has 0 radical (unpaired) electrons. The van der Waals surface area contributed by atoms with E-state index in [1.54, 1.807) is 0 Å². The van der Waals surface area contributed by atoms with Gasteiger partial charge >= 0.3 is 0 Å². The standard InChI is InChI=1S/C20H28N4O2/c1-13-8-21-18(22-9-13)23-11-20-7-6-19(10-20,12-26-20)24-17(25)16-14-2-3-15(16)5-4-14/h8-9,14-16H,2-7,10-12H2,1H3,(H,24,25)(H,21,22,23). The van der Waals surface area contributed by atoms with E-state index in [4.69, 9.17) is 4.74 Å². The number of hydrogen-bond donors (Lipinski definition) is 2. The molecule has 1 aliphatic heterocycles. The third-order valence-corrected chi connectivity index (χ3v) is 7.25. The Labute approximate surface area is 154 Å². The number of amides is 1. The van der Waals surface area contributed by atoms with Crippen molar-refractivity contribution in [1.29, 1.82) is 0 Å². The first-order valence-electron chi connectivity index (χ1n) is 10.1. The van der Waals surface area contributed by atoms with Gasteiger partial charge in [-0.05, 0) is 62.8 Å². The zero-order valence-corrected chi connectivity index (χ0v) is 15.5. The molecular formula is C20H28N4O2. The highest BCUT2D eigenvalue weighted by Gasteiger charge is 2.57. The van der Waals surface area contributed by atoms with Crippen LogP contribution in [0.15, 0.2) is 12.4 Å². The number of aryl methyl sites for hydroxylation is 1. The quantitative estimate of drug-likeness (QED) is 0.847. The van der Waals surface area contributed by atoms with Crippen LogP contribution in [0.1, 0.15) is 50.5 Å². The lowest BCUT2D eigenvalue weighted by Gasteiger charge is -2.30. The lowest BCUT2D eigenvalue weighted by atomic mass is 9.93. The van der Waals surface area contributed by atoms with Crippen LogP contribution in [0.3, 0.4) is 0 Å². The molecule has 6 heteroatoms. The molecule has 3 saturated carbocycles. The summed E-state index contributed by atoms with van der Waals surface area (Å²) in [4.78, 5) is 21.6. The Morgan fingerprint density at radius 2 is 1.88 bits per heavy atom. The van der Waals surface area contributed by atoms with Crippen molar-refractivity contribution in [3.63, 3.8) is 0 Å². The second kappa shape index (κ2) is 5.91. The maximum absolute atomic E-state index is 13.0. The predicted octanol–water partition coefficient (Wildman–Crippen LogP) is 2.44. The molecule has 4 aliphatic rings. The van der Waals surface area contributed by atoms with E-state index in [1.165, 1.54) is 25.7 Å². The van der Waals surface area contributed by atoms with Crippen molar-refractivity contribution in [2.24, 2.45) is 17.8 Å². The number of anilines is 1. The van der Waals surface area contributed by atoms with Crippen LogP contribution >= 0.6 is 0 Å². The van der Waals surface area contributed by atoms with E-state index in [2.05, 4.69) is 20.6 Å². The Kier molecular flexibility index (Phi) is 3.75. The molecule has 4 fully saturated rings. The molecule has 2 atom stereocenters. The van der Waals surface area contributed by atoms with E-state index in [0.717, 1.165) is 24.8 Å². The minimum absolute atomic E-state index is 0.158. The molecule has 140 valence electrons. The third-order valence-electron chi connectivity index (χ3n) is 7.25. The summed E-state index contributed by atoms with van der Waals surface area (Å²) >= 11 is 0. The fourth-order valence-electron chi connectivity index (χ4n) is 5.89. The van der Waals surface area contributed by atoms with Crippen LogP contribution in [-0.4, -0.2) is 40.2 Å². The van der Waals surface area contributed by atoms with E-state index in [1.807, 2.05) is 19.3 Å². The first-order chi connectivity index (χ1) is 12.6. The second-order valence-electron chi connectivity index (χ2n) is 9.06. The number of nitrogens with zero attached hydrogens (tertiary/aromatic N) is 2. The monoisotopic (exact) mass is 356 g/mol. The van der Waals surface area contributed by atoms with Crippen molar-refractivity contribution in [2.75, 3.05) is 18.5 Å². The molecule has 5 rings (SSSR count). The maximum atomic E-state index is 13.0. The highest BCUT2D eigenvalue weighted by Crippen LogP contribution is 2.51. The zero-order chi connectivity index (χ0) is 17.8. The molecule has 1 amide bonds. The fraction of sp³-hybridized carbons (Fsp3) is 0.750. The van der Waals surface area contributed by atoms with Crippen molar-refractivity contribution >= 4 is 11.9 Å². The van der Waals surface area contributed by atoms with Gasteiger partial charge in [0.15, 0.2) is 0 Å². The minimum atomic E-state index is -0.198. The number of fused-ring (bicyclic) bond motifs is 4. The molecule has 6 nitrogen and oxygen atoms in total. The molecule has 0 spiro atoms. The Hall–Kier alpha value is -1.69. The zero-order valence-electron chi connectivity index (χ0n) is 15.5. The number of ether oxygens (including phenoxy) is 1. The predicted molar refractivity (Wildman–Crippen MR) is 97.6 cm³/mol. The first kappa shape index (κ1) is 16.5. The number of carbonyl (C=O) groups excluding carboxylic acids is 1. The lowest BCUT2D eigenvalue weighted by Crippen LogP contribution is -2.50. The summed E-state index contributed by atoms with van der Waals surface area (Å²) in [6, 6.07) is 0. The van der Waals surface area contributed by atoms with Crippen LogP contribution < -0.4 is 10.6 Å². The van der Waals surface area contributed by atoms with Gasteiger partial charge in [-0.3, -0.25) is 4.79 Å². The van der Waals surface area contributed by atoms with E-state index < -0.39 is 0 Å². The van der Waals surface area contributed by atoms with Gasteiger partial charge in [-0.1, -0.05) is 0 Å². The molecule has 0 aromatic carbocycles.